The third kappa shape index (κ3) is 5.75. The summed E-state index contributed by atoms with van der Waals surface area (Å²) in [6.07, 6.45) is 0. The Kier molecular flexibility index (Phi) is 5.83. The summed E-state index contributed by atoms with van der Waals surface area (Å²) in [6, 6.07) is 9.55. The van der Waals surface area contributed by atoms with E-state index in [4.69, 9.17) is 4.74 Å². The minimum absolute atomic E-state index is 0.0915. The Bertz CT molecular complexity index is 385. The zero-order chi connectivity index (χ0) is 14.3. The van der Waals surface area contributed by atoms with E-state index in [0.29, 0.717) is 19.7 Å². The van der Waals surface area contributed by atoms with Gasteiger partial charge in [0.15, 0.2) is 0 Å². The Morgan fingerprint density at radius 2 is 1.89 bits per heavy atom. The van der Waals surface area contributed by atoms with Crippen molar-refractivity contribution in [3.8, 4) is 0 Å². The number of nitrogens with one attached hydrogen (secondary N) is 1. The maximum Gasteiger partial charge on any atom is 0.321 e. The number of anilines is 1. The minimum atomic E-state index is -0.172. The smallest absolute Gasteiger partial charge is 0.321 e. The molecule has 0 spiro atoms. The van der Waals surface area contributed by atoms with Crippen LogP contribution in [0.2, 0.25) is 0 Å². The van der Waals surface area contributed by atoms with Crippen molar-refractivity contribution in [1.29, 1.82) is 0 Å². The van der Waals surface area contributed by atoms with E-state index in [2.05, 4.69) is 5.32 Å². The monoisotopic (exact) mass is 264 g/mol. The molecular weight excluding hydrogens is 240 g/mol. The Hall–Kier alpha value is -1.55. The molecule has 0 aliphatic heterocycles. The van der Waals surface area contributed by atoms with E-state index in [1.165, 1.54) is 0 Å². The Balaban J connectivity index is 2.43. The summed E-state index contributed by atoms with van der Waals surface area (Å²) < 4.78 is 5.57. The number of benzene rings is 1. The molecule has 0 unspecified atom stereocenters. The van der Waals surface area contributed by atoms with Crippen LogP contribution in [-0.2, 0) is 4.74 Å². The molecule has 2 amide bonds. The van der Waals surface area contributed by atoms with E-state index < -0.39 is 0 Å². The molecule has 19 heavy (non-hydrogen) atoms. The van der Waals surface area contributed by atoms with Gasteiger partial charge in [0.05, 0.1) is 12.2 Å². The van der Waals surface area contributed by atoms with Gasteiger partial charge in [-0.2, -0.15) is 0 Å². The summed E-state index contributed by atoms with van der Waals surface area (Å²) in [5, 5.41) is 2.87. The maximum absolute atomic E-state index is 12.1. The van der Waals surface area contributed by atoms with Gasteiger partial charge in [0.2, 0.25) is 0 Å². The summed E-state index contributed by atoms with van der Waals surface area (Å²) >= 11 is 0. The van der Waals surface area contributed by atoms with Crippen molar-refractivity contribution in [2.45, 2.75) is 33.3 Å². The van der Waals surface area contributed by atoms with Crippen LogP contribution in [0.3, 0.4) is 0 Å². The van der Waals surface area contributed by atoms with E-state index in [1.807, 2.05) is 58.0 Å². The molecule has 106 valence electrons. The molecule has 0 aliphatic rings. The Labute approximate surface area is 115 Å². The quantitative estimate of drug-likeness (QED) is 0.831. The fraction of sp³-hybridized carbons (Fsp3) is 0.533. The van der Waals surface area contributed by atoms with Gasteiger partial charge < -0.3 is 10.1 Å². The molecular formula is C15H24N2O2. The zero-order valence-corrected chi connectivity index (χ0v) is 12.3. The van der Waals surface area contributed by atoms with Gasteiger partial charge in [-0.05, 0) is 39.8 Å². The zero-order valence-electron chi connectivity index (χ0n) is 12.3. The highest BCUT2D eigenvalue weighted by molar-refractivity contribution is 5.91. The number of para-hydroxylation sites is 1. The van der Waals surface area contributed by atoms with Gasteiger partial charge in [-0.3, -0.25) is 4.90 Å². The van der Waals surface area contributed by atoms with Crippen molar-refractivity contribution >= 4 is 11.7 Å². The van der Waals surface area contributed by atoms with Gasteiger partial charge in [-0.25, -0.2) is 4.79 Å². The minimum Gasteiger partial charge on any atom is -0.374 e. The van der Waals surface area contributed by atoms with Gasteiger partial charge >= 0.3 is 6.03 Å². The van der Waals surface area contributed by atoms with E-state index in [-0.39, 0.29) is 11.6 Å². The molecule has 0 heterocycles. The molecule has 0 radical (unpaired) electrons. The van der Waals surface area contributed by atoms with E-state index in [1.54, 1.807) is 4.90 Å². The number of nitrogens with zero attached hydrogens (tertiary/aromatic N) is 1. The van der Waals surface area contributed by atoms with Gasteiger partial charge in [0.25, 0.3) is 0 Å². The second-order valence-electron chi connectivity index (χ2n) is 5.27. The van der Waals surface area contributed by atoms with Gasteiger partial charge in [0.1, 0.15) is 0 Å². The molecule has 0 aromatic heterocycles. The van der Waals surface area contributed by atoms with E-state index in [9.17, 15) is 4.79 Å². The summed E-state index contributed by atoms with van der Waals surface area (Å²) in [5.74, 6) is 0. The fourth-order valence-electron chi connectivity index (χ4n) is 1.66. The predicted octanol–water partition coefficient (Wildman–Crippen LogP) is 3.04. The lowest BCUT2D eigenvalue weighted by Crippen LogP contribution is -2.41. The SMILES string of the molecule is CCN(C(=O)NCCOC(C)(C)C)c1ccccc1. The second-order valence-corrected chi connectivity index (χ2v) is 5.27. The lowest BCUT2D eigenvalue weighted by molar-refractivity contribution is 0.0000678. The lowest BCUT2D eigenvalue weighted by Gasteiger charge is -2.23. The first-order valence-corrected chi connectivity index (χ1v) is 6.68. The molecule has 1 N–H and O–H groups in total. The van der Waals surface area contributed by atoms with Crippen LogP contribution < -0.4 is 10.2 Å². The third-order valence-corrected chi connectivity index (χ3v) is 2.54. The standard InChI is InChI=1S/C15H24N2O2/c1-5-17(13-9-7-6-8-10-13)14(18)16-11-12-19-15(2,3)4/h6-10H,5,11-12H2,1-4H3,(H,16,18). The molecule has 4 nitrogen and oxygen atoms in total. The van der Waals surface area contributed by atoms with Crippen LogP contribution in [0.15, 0.2) is 30.3 Å². The van der Waals surface area contributed by atoms with Gasteiger partial charge in [0, 0.05) is 18.8 Å². The van der Waals surface area contributed by atoms with Crippen LogP contribution >= 0.6 is 0 Å². The number of hydrogen-bond acceptors (Lipinski definition) is 2. The predicted molar refractivity (Wildman–Crippen MR) is 78.6 cm³/mol. The number of rotatable bonds is 5. The van der Waals surface area contributed by atoms with Crippen LogP contribution in [0, 0.1) is 0 Å². The van der Waals surface area contributed by atoms with Crippen molar-refractivity contribution in [2.24, 2.45) is 0 Å². The molecule has 0 bridgehead atoms. The van der Waals surface area contributed by atoms with Gasteiger partial charge in [-0.1, -0.05) is 18.2 Å². The first kappa shape index (κ1) is 15.5. The van der Waals surface area contributed by atoms with Crippen LogP contribution in [0.4, 0.5) is 10.5 Å². The van der Waals surface area contributed by atoms with Crippen LogP contribution in [0.25, 0.3) is 0 Å². The maximum atomic E-state index is 12.1. The molecule has 1 rings (SSSR count). The topological polar surface area (TPSA) is 41.6 Å². The molecule has 0 saturated heterocycles. The van der Waals surface area contributed by atoms with Crippen molar-refractivity contribution in [2.75, 3.05) is 24.6 Å². The number of carbonyl (C=O) groups is 1. The largest absolute Gasteiger partial charge is 0.374 e. The first-order valence-electron chi connectivity index (χ1n) is 6.68. The average Bonchev–Trinajstić information content (AvgIpc) is 2.36. The fourth-order valence-corrected chi connectivity index (χ4v) is 1.66. The molecule has 4 heteroatoms. The summed E-state index contributed by atoms with van der Waals surface area (Å²) in [7, 11) is 0. The number of amides is 2. The highest BCUT2D eigenvalue weighted by atomic mass is 16.5. The van der Waals surface area contributed by atoms with Crippen molar-refractivity contribution < 1.29 is 9.53 Å². The highest BCUT2D eigenvalue weighted by Gasteiger charge is 2.13. The Morgan fingerprint density at radius 3 is 2.42 bits per heavy atom. The molecule has 0 fully saturated rings. The number of carbonyl (C=O) groups excluding carboxylic acids is 1. The summed E-state index contributed by atoms with van der Waals surface area (Å²) in [5.41, 5.74) is 0.730. The number of urea groups is 1. The normalized spacial score (nSPS) is 11.2. The summed E-state index contributed by atoms with van der Waals surface area (Å²) in [4.78, 5) is 13.8. The van der Waals surface area contributed by atoms with Crippen LogP contribution in [-0.4, -0.2) is 31.3 Å². The van der Waals surface area contributed by atoms with Crippen LogP contribution in [0.5, 0.6) is 0 Å². The number of ether oxygens (including phenoxy) is 1. The van der Waals surface area contributed by atoms with E-state index >= 15 is 0 Å². The highest BCUT2D eigenvalue weighted by Crippen LogP contribution is 2.12. The third-order valence-electron chi connectivity index (χ3n) is 2.54. The van der Waals surface area contributed by atoms with Gasteiger partial charge in [-0.15, -0.1) is 0 Å². The average molecular weight is 264 g/mol. The Morgan fingerprint density at radius 1 is 1.26 bits per heavy atom. The first-order chi connectivity index (χ1) is 8.94. The second kappa shape index (κ2) is 7.14. The molecule has 0 atom stereocenters. The van der Waals surface area contributed by atoms with Crippen molar-refractivity contribution in [3.63, 3.8) is 0 Å². The number of hydrogen-bond donors (Lipinski definition) is 1. The lowest BCUT2D eigenvalue weighted by atomic mass is 10.2. The van der Waals surface area contributed by atoms with E-state index in [0.717, 1.165) is 5.69 Å². The molecule has 1 aromatic rings. The molecule has 0 aliphatic carbocycles. The van der Waals surface area contributed by atoms with Crippen molar-refractivity contribution in [1.82, 2.24) is 5.32 Å². The van der Waals surface area contributed by atoms with Crippen molar-refractivity contribution in [3.05, 3.63) is 30.3 Å². The molecule has 0 saturated carbocycles. The van der Waals surface area contributed by atoms with Crippen LogP contribution in [0.1, 0.15) is 27.7 Å². The summed E-state index contributed by atoms with van der Waals surface area (Å²) in [6.45, 7) is 9.61. The molecule has 1 aromatic carbocycles.